The van der Waals surface area contributed by atoms with Crippen LogP contribution in [0.4, 0.5) is 5.69 Å². The Labute approximate surface area is 106 Å². The molecule has 0 N–H and O–H groups in total. The van der Waals surface area contributed by atoms with Crippen LogP contribution in [0.15, 0.2) is 29.4 Å². The fourth-order valence-electron chi connectivity index (χ4n) is 1.73. The van der Waals surface area contributed by atoms with E-state index in [-0.39, 0.29) is 17.5 Å². The lowest BCUT2D eigenvalue weighted by atomic mass is 9.90. The third-order valence-electron chi connectivity index (χ3n) is 3.58. The second-order valence-corrected chi connectivity index (χ2v) is 5.37. The summed E-state index contributed by atoms with van der Waals surface area (Å²) in [4.78, 5) is 2.74. The van der Waals surface area contributed by atoms with E-state index in [1.807, 2.05) is 39.8 Å². The van der Waals surface area contributed by atoms with Crippen molar-refractivity contribution < 1.29 is 9.47 Å². The first-order valence-electron chi connectivity index (χ1n) is 5.86. The molecule has 0 aromatic heterocycles. The summed E-state index contributed by atoms with van der Waals surface area (Å²) in [5.41, 5.74) is 9.16. The lowest BCUT2D eigenvalue weighted by molar-refractivity contribution is -0.0895. The van der Waals surface area contributed by atoms with E-state index in [2.05, 4.69) is 10.0 Å². The summed E-state index contributed by atoms with van der Waals surface area (Å²) in [6.07, 6.45) is -0.380. The zero-order chi connectivity index (χ0) is 13.4. The standard InChI is InChI=1S/C13H17N3O2/c1-12(2)13(3,4)18-11(17-12)9-5-7-10(8-6-9)15-16-14/h5-8,11H,1-4H3. The molecule has 1 saturated heterocycles. The maximum atomic E-state index is 8.35. The van der Waals surface area contributed by atoms with Crippen molar-refractivity contribution in [1.29, 1.82) is 0 Å². The molecule has 0 spiro atoms. The summed E-state index contributed by atoms with van der Waals surface area (Å²) in [6, 6.07) is 7.21. The topological polar surface area (TPSA) is 67.2 Å². The SMILES string of the molecule is CC1(C)OC(c2ccc(N=[N+]=[N-])cc2)OC1(C)C. The molecule has 1 aromatic rings. The maximum Gasteiger partial charge on any atom is 0.185 e. The highest BCUT2D eigenvalue weighted by Gasteiger charge is 2.49. The predicted octanol–water partition coefficient (Wildman–Crippen LogP) is 4.23. The van der Waals surface area contributed by atoms with E-state index >= 15 is 0 Å². The highest BCUT2D eigenvalue weighted by atomic mass is 16.7. The quantitative estimate of drug-likeness (QED) is 0.446. The van der Waals surface area contributed by atoms with E-state index in [1.165, 1.54) is 0 Å². The molecule has 1 fully saturated rings. The minimum atomic E-state index is -0.380. The minimum Gasteiger partial charge on any atom is -0.339 e. The van der Waals surface area contributed by atoms with Crippen LogP contribution in [0.5, 0.6) is 0 Å². The highest BCUT2D eigenvalue weighted by Crippen LogP contribution is 2.44. The van der Waals surface area contributed by atoms with Gasteiger partial charge in [-0.05, 0) is 33.2 Å². The van der Waals surface area contributed by atoms with Gasteiger partial charge in [0.05, 0.1) is 11.2 Å². The Hall–Kier alpha value is -1.55. The first-order valence-corrected chi connectivity index (χ1v) is 5.86. The van der Waals surface area contributed by atoms with Crippen molar-refractivity contribution >= 4 is 5.69 Å². The average molecular weight is 247 g/mol. The van der Waals surface area contributed by atoms with Gasteiger partial charge in [-0.25, -0.2) is 0 Å². The van der Waals surface area contributed by atoms with Crippen LogP contribution in [0, 0.1) is 0 Å². The predicted molar refractivity (Wildman–Crippen MR) is 68.3 cm³/mol. The average Bonchev–Trinajstić information content (AvgIpc) is 2.50. The van der Waals surface area contributed by atoms with Crippen LogP contribution in [0.3, 0.4) is 0 Å². The van der Waals surface area contributed by atoms with Crippen molar-refractivity contribution in [3.05, 3.63) is 40.3 Å². The summed E-state index contributed by atoms with van der Waals surface area (Å²) in [5, 5.41) is 3.53. The first-order chi connectivity index (χ1) is 8.36. The normalized spacial score (nSPS) is 21.6. The second kappa shape index (κ2) is 4.28. The smallest absolute Gasteiger partial charge is 0.185 e. The van der Waals surface area contributed by atoms with Crippen LogP contribution in [0.2, 0.25) is 0 Å². The highest BCUT2D eigenvalue weighted by molar-refractivity contribution is 5.39. The van der Waals surface area contributed by atoms with Crippen molar-refractivity contribution in [1.82, 2.24) is 0 Å². The molecule has 0 unspecified atom stereocenters. The lowest BCUT2D eigenvalue weighted by Gasteiger charge is -2.30. The molecule has 1 heterocycles. The Bertz CT molecular complexity index is 471. The van der Waals surface area contributed by atoms with Gasteiger partial charge >= 0.3 is 0 Å². The van der Waals surface area contributed by atoms with Gasteiger partial charge in [0.15, 0.2) is 6.29 Å². The summed E-state index contributed by atoms with van der Waals surface area (Å²) in [5.74, 6) is 0. The fraction of sp³-hybridized carbons (Fsp3) is 0.538. The molecule has 0 radical (unpaired) electrons. The minimum absolute atomic E-state index is 0.346. The zero-order valence-electron chi connectivity index (χ0n) is 11.0. The van der Waals surface area contributed by atoms with E-state index in [0.717, 1.165) is 5.56 Å². The number of nitrogens with zero attached hydrogens (tertiary/aromatic N) is 3. The van der Waals surface area contributed by atoms with E-state index in [1.54, 1.807) is 12.1 Å². The van der Waals surface area contributed by atoms with E-state index in [0.29, 0.717) is 5.69 Å². The van der Waals surface area contributed by atoms with Crippen molar-refractivity contribution in [3.8, 4) is 0 Å². The molecule has 0 amide bonds. The van der Waals surface area contributed by atoms with E-state index in [9.17, 15) is 0 Å². The first kappa shape index (κ1) is 12.9. The molecule has 1 aliphatic heterocycles. The van der Waals surface area contributed by atoms with Crippen LogP contribution in [-0.4, -0.2) is 11.2 Å². The maximum absolute atomic E-state index is 8.35. The van der Waals surface area contributed by atoms with Crippen LogP contribution < -0.4 is 0 Å². The van der Waals surface area contributed by atoms with Crippen molar-refractivity contribution in [2.45, 2.75) is 45.2 Å². The summed E-state index contributed by atoms with van der Waals surface area (Å²) >= 11 is 0. The Morgan fingerprint density at radius 1 is 1.06 bits per heavy atom. The van der Waals surface area contributed by atoms with Gasteiger partial charge in [-0.15, -0.1) is 0 Å². The summed E-state index contributed by atoms with van der Waals surface area (Å²) in [6.45, 7) is 8.06. The monoisotopic (exact) mass is 247 g/mol. The van der Waals surface area contributed by atoms with Gasteiger partial charge in [0.2, 0.25) is 0 Å². The Morgan fingerprint density at radius 2 is 1.56 bits per heavy atom. The number of hydrogen-bond acceptors (Lipinski definition) is 3. The lowest BCUT2D eigenvalue weighted by Crippen LogP contribution is -2.41. The molecular weight excluding hydrogens is 230 g/mol. The molecule has 5 heteroatoms. The van der Waals surface area contributed by atoms with Gasteiger partial charge in [-0.3, -0.25) is 0 Å². The van der Waals surface area contributed by atoms with Crippen LogP contribution in [-0.2, 0) is 9.47 Å². The summed E-state index contributed by atoms with van der Waals surface area (Å²) in [7, 11) is 0. The molecule has 0 atom stereocenters. The summed E-state index contributed by atoms with van der Waals surface area (Å²) < 4.78 is 11.8. The van der Waals surface area contributed by atoms with Gasteiger partial charge in [0.1, 0.15) is 0 Å². The molecule has 0 saturated carbocycles. The Balaban J connectivity index is 2.22. The number of ether oxygens (including phenoxy) is 2. The van der Waals surface area contributed by atoms with Gasteiger partial charge < -0.3 is 9.47 Å². The van der Waals surface area contributed by atoms with E-state index < -0.39 is 0 Å². The Kier molecular flexibility index (Phi) is 3.07. The van der Waals surface area contributed by atoms with Crippen LogP contribution in [0.25, 0.3) is 10.4 Å². The molecule has 1 aliphatic rings. The van der Waals surface area contributed by atoms with Crippen LogP contribution >= 0.6 is 0 Å². The molecule has 5 nitrogen and oxygen atoms in total. The zero-order valence-corrected chi connectivity index (χ0v) is 11.0. The largest absolute Gasteiger partial charge is 0.339 e. The van der Waals surface area contributed by atoms with Gasteiger partial charge in [-0.1, -0.05) is 29.4 Å². The number of azide groups is 1. The molecule has 0 bridgehead atoms. The third kappa shape index (κ3) is 2.20. The van der Waals surface area contributed by atoms with Crippen molar-refractivity contribution in [2.24, 2.45) is 5.11 Å². The van der Waals surface area contributed by atoms with Crippen molar-refractivity contribution in [3.63, 3.8) is 0 Å². The van der Waals surface area contributed by atoms with Gasteiger partial charge in [-0.2, -0.15) is 0 Å². The third-order valence-corrected chi connectivity index (χ3v) is 3.58. The molecule has 0 aliphatic carbocycles. The molecule has 96 valence electrons. The van der Waals surface area contributed by atoms with Crippen molar-refractivity contribution in [2.75, 3.05) is 0 Å². The van der Waals surface area contributed by atoms with Gasteiger partial charge in [0.25, 0.3) is 0 Å². The fourth-order valence-corrected chi connectivity index (χ4v) is 1.73. The molecule has 2 rings (SSSR count). The second-order valence-electron chi connectivity index (χ2n) is 5.37. The molecule has 1 aromatic carbocycles. The van der Waals surface area contributed by atoms with Gasteiger partial charge in [0, 0.05) is 16.2 Å². The molecular formula is C13H17N3O2. The Morgan fingerprint density at radius 3 is 2.00 bits per heavy atom. The number of benzene rings is 1. The number of rotatable bonds is 2. The van der Waals surface area contributed by atoms with E-state index in [4.69, 9.17) is 15.0 Å². The number of hydrogen-bond donors (Lipinski definition) is 0. The molecule has 18 heavy (non-hydrogen) atoms. The van der Waals surface area contributed by atoms with Crippen LogP contribution in [0.1, 0.15) is 39.5 Å².